The maximum absolute atomic E-state index is 12.8. The SMILES string of the molecule is Cc1cc(C(=O)N2Cc3ccnn3C(CNS(C)(=O)=O)C2)c(C)o1. The molecule has 2 aromatic heterocycles. The molecule has 3 heterocycles. The Hall–Kier alpha value is -2.13. The van der Waals surface area contributed by atoms with E-state index in [1.165, 1.54) is 0 Å². The number of nitrogens with one attached hydrogen (secondary N) is 1. The van der Waals surface area contributed by atoms with Crippen LogP contribution in [0, 0.1) is 13.8 Å². The molecule has 0 saturated carbocycles. The largest absolute Gasteiger partial charge is 0.466 e. The van der Waals surface area contributed by atoms with Crippen LogP contribution in [0.1, 0.15) is 33.6 Å². The summed E-state index contributed by atoms with van der Waals surface area (Å²) >= 11 is 0. The van der Waals surface area contributed by atoms with Gasteiger partial charge in [-0.25, -0.2) is 13.1 Å². The van der Waals surface area contributed by atoms with E-state index < -0.39 is 10.0 Å². The third-order valence-corrected chi connectivity index (χ3v) is 4.71. The van der Waals surface area contributed by atoms with E-state index in [0.29, 0.717) is 30.2 Å². The third kappa shape index (κ3) is 3.36. The number of nitrogens with zero attached hydrogens (tertiary/aromatic N) is 3. The number of aryl methyl sites for hydroxylation is 2. The Labute approximate surface area is 140 Å². The van der Waals surface area contributed by atoms with Gasteiger partial charge in [0.05, 0.1) is 30.1 Å². The summed E-state index contributed by atoms with van der Waals surface area (Å²) in [6, 6.07) is 3.31. The molecule has 0 fully saturated rings. The number of fused-ring (bicyclic) bond motifs is 1. The Balaban J connectivity index is 1.84. The fourth-order valence-electron chi connectivity index (χ4n) is 2.95. The van der Waals surface area contributed by atoms with Gasteiger partial charge in [0.1, 0.15) is 11.5 Å². The van der Waals surface area contributed by atoms with Gasteiger partial charge in [-0.2, -0.15) is 5.10 Å². The van der Waals surface area contributed by atoms with E-state index in [9.17, 15) is 13.2 Å². The van der Waals surface area contributed by atoms with Crippen molar-refractivity contribution in [1.82, 2.24) is 19.4 Å². The first kappa shape index (κ1) is 16.7. The molecule has 8 nitrogen and oxygen atoms in total. The summed E-state index contributed by atoms with van der Waals surface area (Å²) in [6.07, 6.45) is 2.77. The van der Waals surface area contributed by atoms with Gasteiger partial charge in [-0.1, -0.05) is 0 Å². The normalized spacial score (nSPS) is 17.8. The summed E-state index contributed by atoms with van der Waals surface area (Å²) in [5.74, 6) is 1.15. The molecule has 1 unspecified atom stereocenters. The molecule has 130 valence electrons. The van der Waals surface area contributed by atoms with Crippen LogP contribution in [0.5, 0.6) is 0 Å². The molecule has 1 N–H and O–H groups in total. The van der Waals surface area contributed by atoms with Crippen molar-refractivity contribution in [3.63, 3.8) is 0 Å². The number of hydrogen-bond acceptors (Lipinski definition) is 5. The van der Waals surface area contributed by atoms with Crippen LogP contribution in [0.2, 0.25) is 0 Å². The van der Waals surface area contributed by atoms with Crippen LogP contribution in [-0.4, -0.2) is 48.4 Å². The maximum atomic E-state index is 12.8. The van der Waals surface area contributed by atoms with Crippen LogP contribution in [0.25, 0.3) is 0 Å². The fourth-order valence-corrected chi connectivity index (χ4v) is 3.45. The van der Waals surface area contributed by atoms with Crippen LogP contribution < -0.4 is 4.72 Å². The Morgan fingerprint density at radius 2 is 2.21 bits per heavy atom. The molecule has 0 aromatic carbocycles. The molecule has 1 atom stereocenters. The average Bonchev–Trinajstić information content (AvgIpc) is 3.09. The van der Waals surface area contributed by atoms with Gasteiger partial charge >= 0.3 is 0 Å². The number of carbonyl (C=O) groups excluding carboxylic acids is 1. The number of aromatic nitrogens is 2. The van der Waals surface area contributed by atoms with Crippen LogP contribution in [0.3, 0.4) is 0 Å². The summed E-state index contributed by atoms with van der Waals surface area (Å²) in [5, 5.41) is 4.25. The molecule has 1 aliphatic rings. The Kier molecular flexibility index (Phi) is 4.22. The number of hydrogen-bond donors (Lipinski definition) is 1. The molecule has 0 radical (unpaired) electrons. The first-order valence-electron chi connectivity index (χ1n) is 7.58. The van der Waals surface area contributed by atoms with Gasteiger partial charge in [-0.3, -0.25) is 9.48 Å². The lowest BCUT2D eigenvalue weighted by molar-refractivity contribution is 0.0670. The maximum Gasteiger partial charge on any atom is 0.257 e. The summed E-state index contributed by atoms with van der Waals surface area (Å²) in [4.78, 5) is 14.5. The molecular weight excluding hydrogens is 332 g/mol. The highest BCUT2D eigenvalue weighted by atomic mass is 32.2. The molecule has 9 heteroatoms. The topological polar surface area (TPSA) is 97.4 Å². The molecule has 0 bridgehead atoms. The van der Waals surface area contributed by atoms with Crippen molar-refractivity contribution in [2.24, 2.45) is 0 Å². The summed E-state index contributed by atoms with van der Waals surface area (Å²) in [7, 11) is -3.31. The number of amides is 1. The van der Waals surface area contributed by atoms with Gasteiger partial charge in [-0.15, -0.1) is 0 Å². The predicted octanol–water partition coefficient (Wildman–Crippen LogP) is 0.839. The molecular formula is C15H20N4O4S. The molecule has 3 rings (SSSR count). The van der Waals surface area contributed by atoms with Gasteiger partial charge in [0.2, 0.25) is 10.0 Å². The lowest BCUT2D eigenvalue weighted by atomic mass is 10.1. The highest BCUT2D eigenvalue weighted by Gasteiger charge is 2.30. The smallest absolute Gasteiger partial charge is 0.257 e. The molecule has 2 aromatic rings. The number of carbonyl (C=O) groups is 1. The van der Waals surface area contributed by atoms with Crippen molar-refractivity contribution in [3.05, 3.63) is 41.1 Å². The number of sulfonamides is 1. The predicted molar refractivity (Wildman–Crippen MR) is 87.0 cm³/mol. The van der Waals surface area contributed by atoms with E-state index in [4.69, 9.17) is 4.42 Å². The van der Waals surface area contributed by atoms with Crippen molar-refractivity contribution in [2.45, 2.75) is 26.4 Å². The minimum Gasteiger partial charge on any atom is -0.466 e. The van der Waals surface area contributed by atoms with Gasteiger partial charge < -0.3 is 9.32 Å². The van der Waals surface area contributed by atoms with Crippen molar-refractivity contribution in [2.75, 3.05) is 19.3 Å². The Morgan fingerprint density at radius 1 is 1.46 bits per heavy atom. The zero-order valence-corrected chi connectivity index (χ0v) is 14.6. The van der Waals surface area contributed by atoms with E-state index in [1.807, 2.05) is 6.07 Å². The highest BCUT2D eigenvalue weighted by molar-refractivity contribution is 7.88. The Morgan fingerprint density at radius 3 is 2.83 bits per heavy atom. The second-order valence-corrected chi connectivity index (χ2v) is 7.89. The molecule has 0 aliphatic carbocycles. The minimum absolute atomic E-state index is 0.124. The van der Waals surface area contributed by atoms with Crippen molar-refractivity contribution < 1.29 is 17.6 Å². The quantitative estimate of drug-likeness (QED) is 0.879. The monoisotopic (exact) mass is 352 g/mol. The van der Waals surface area contributed by atoms with Crippen molar-refractivity contribution >= 4 is 15.9 Å². The van der Waals surface area contributed by atoms with Crippen LogP contribution in [0.4, 0.5) is 0 Å². The van der Waals surface area contributed by atoms with E-state index in [0.717, 1.165) is 11.9 Å². The summed E-state index contributed by atoms with van der Waals surface area (Å²) in [5.41, 5.74) is 1.41. The highest BCUT2D eigenvalue weighted by Crippen LogP contribution is 2.24. The number of furan rings is 1. The Bertz CT molecular complexity index is 868. The van der Waals surface area contributed by atoms with Gasteiger partial charge in [0.25, 0.3) is 5.91 Å². The lowest BCUT2D eigenvalue weighted by Gasteiger charge is -2.33. The van der Waals surface area contributed by atoms with Crippen LogP contribution in [0.15, 0.2) is 22.7 Å². The van der Waals surface area contributed by atoms with Crippen molar-refractivity contribution in [3.8, 4) is 0 Å². The standard InChI is InChI=1S/C15H20N4O4S/c1-10-6-14(11(2)23-10)15(20)18-8-12-4-5-16-19(12)13(9-18)7-17-24(3,21)22/h4-6,13,17H,7-9H2,1-3H3. The minimum atomic E-state index is -3.31. The van der Waals surface area contributed by atoms with Crippen LogP contribution >= 0.6 is 0 Å². The second kappa shape index (κ2) is 6.06. The van der Waals surface area contributed by atoms with E-state index in [-0.39, 0.29) is 18.5 Å². The zero-order valence-electron chi connectivity index (χ0n) is 13.8. The molecule has 0 saturated heterocycles. The van der Waals surface area contributed by atoms with Gasteiger partial charge in [-0.05, 0) is 26.0 Å². The average molecular weight is 352 g/mol. The van der Waals surface area contributed by atoms with Crippen molar-refractivity contribution in [1.29, 1.82) is 0 Å². The molecule has 1 amide bonds. The van der Waals surface area contributed by atoms with Gasteiger partial charge in [0.15, 0.2) is 0 Å². The molecule has 24 heavy (non-hydrogen) atoms. The molecule has 0 spiro atoms. The van der Waals surface area contributed by atoms with E-state index >= 15 is 0 Å². The van der Waals surface area contributed by atoms with Crippen LogP contribution in [-0.2, 0) is 16.6 Å². The lowest BCUT2D eigenvalue weighted by Crippen LogP contribution is -2.45. The summed E-state index contributed by atoms with van der Waals surface area (Å²) < 4.78 is 32.5. The van der Waals surface area contributed by atoms with E-state index in [2.05, 4.69) is 9.82 Å². The van der Waals surface area contributed by atoms with E-state index in [1.54, 1.807) is 35.7 Å². The first-order valence-corrected chi connectivity index (χ1v) is 9.47. The van der Waals surface area contributed by atoms with Gasteiger partial charge in [0, 0.05) is 19.3 Å². The fraction of sp³-hybridized carbons (Fsp3) is 0.467. The molecule has 1 aliphatic heterocycles. The summed E-state index contributed by atoms with van der Waals surface area (Å²) in [6.45, 7) is 4.54. The first-order chi connectivity index (χ1) is 11.2. The zero-order chi connectivity index (χ0) is 17.5. The third-order valence-electron chi connectivity index (χ3n) is 4.02. The second-order valence-electron chi connectivity index (χ2n) is 6.05. The number of rotatable bonds is 4.